The molecule has 0 aromatic carbocycles. The van der Waals surface area contributed by atoms with Gasteiger partial charge in [0.15, 0.2) is 0 Å². The summed E-state index contributed by atoms with van der Waals surface area (Å²) < 4.78 is 4.40. The van der Waals surface area contributed by atoms with Crippen molar-refractivity contribution in [2.45, 2.75) is 33.8 Å². The molecular weight excluding hydrogens is 160 g/mol. The van der Waals surface area contributed by atoms with Crippen LogP contribution in [-0.2, 0) is 9.53 Å². The molecule has 0 heterocycles. The maximum Gasteiger partial charge on any atom is 0.302 e. The number of carbonyl (C=O) groups excluding carboxylic acids is 1. The Morgan fingerprint density at radius 1 is 1.42 bits per heavy atom. The summed E-state index contributed by atoms with van der Waals surface area (Å²) in [5.74, 6) is -0.211. The number of carbonyl (C=O) groups is 1. The Kier molecular flexibility index (Phi) is 24.4. The second kappa shape index (κ2) is 16.8. The molecule has 12 heavy (non-hydrogen) atoms. The highest BCUT2D eigenvalue weighted by Crippen LogP contribution is 1.69. The van der Waals surface area contributed by atoms with E-state index in [0.717, 1.165) is 7.11 Å². The van der Waals surface area contributed by atoms with Gasteiger partial charge in [-0.25, -0.2) is 0 Å². The molecule has 0 saturated heterocycles. The average Bonchev–Trinajstić information content (AvgIpc) is 1.90. The summed E-state index contributed by atoms with van der Waals surface area (Å²) in [4.78, 5) is 9.82. The number of aliphatic hydroxyl groups is 2. The molecule has 0 spiro atoms. The fraction of sp³-hybridized carbons (Fsp3) is 0.875. The number of hydrogen-bond donors (Lipinski definition) is 2. The minimum Gasteiger partial charge on any atom is -0.466 e. The molecule has 0 aromatic heterocycles. The Morgan fingerprint density at radius 3 is 1.67 bits per heavy atom. The van der Waals surface area contributed by atoms with Crippen LogP contribution in [0.25, 0.3) is 0 Å². The first-order valence-electron chi connectivity index (χ1n) is 3.76. The zero-order valence-electron chi connectivity index (χ0n) is 8.50. The van der Waals surface area contributed by atoms with Gasteiger partial charge in [-0.05, 0) is 20.8 Å². The Labute approximate surface area is 74.2 Å². The summed E-state index contributed by atoms with van der Waals surface area (Å²) in [6.45, 7) is 7.10. The van der Waals surface area contributed by atoms with Crippen LogP contribution in [0.3, 0.4) is 0 Å². The van der Waals surface area contributed by atoms with Crippen molar-refractivity contribution in [1.29, 1.82) is 0 Å². The van der Waals surface area contributed by atoms with E-state index in [0.29, 0.717) is 6.61 Å². The molecule has 0 unspecified atom stereocenters. The fourth-order valence-electron chi connectivity index (χ4n) is 0.203. The number of ether oxygens (including phenoxy) is 1. The predicted molar refractivity (Wildman–Crippen MR) is 47.8 cm³/mol. The van der Waals surface area contributed by atoms with Gasteiger partial charge in [-0.2, -0.15) is 0 Å². The van der Waals surface area contributed by atoms with E-state index in [-0.39, 0.29) is 12.1 Å². The van der Waals surface area contributed by atoms with Gasteiger partial charge in [0, 0.05) is 20.1 Å². The zero-order chi connectivity index (χ0) is 10.6. The van der Waals surface area contributed by atoms with Gasteiger partial charge in [0.1, 0.15) is 0 Å². The van der Waals surface area contributed by atoms with Crippen LogP contribution < -0.4 is 0 Å². The predicted octanol–water partition coefficient (Wildman–Crippen LogP) is 0.565. The Hall–Kier alpha value is -0.610. The van der Waals surface area contributed by atoms with E-state index in [2.05, 4.69) is 4.74 Å². The van der Waals surface area contributed by atoms with E-state index in [1.807, 2.05) is 0 Å². The van der Waals surface area contributed by atoms with Gasteiger partial charge in [0.2, 0.25) is 0 Å². The molecule has 0 atom stereocenters. The van der Waals surface area contributed by atoms with E-state index in [1.54, 1.807) is 20.8 Å². The van der Waals surface area contributed by atoms with Crippen molar-refractivity contribution in [3.63, 3.8) is 0 Å². The topological polar surface area (TPSA) is 66.8 Å². The van der Waals surface area contributed by atoms with Crippen LogP contribution in [0.4, 0.5) is 0 Å². The van der Waals surface area contributed by atoms with Crippen molar-refractivity contribution in [2.75, 3.05) is 13.7 Å². The summed E-state index contributed by atoms with van der Waals surface area (Å²) in [5.41, 5.74) is 0. The third-order valence-electron chi connectivity index (χ3n) is 0.348. The van der Waals surface area contributed by atoms with E-state index in [4.69, 9.17) is 10.2 Å². The molecule has 0 rings (SSSR count). The molecule has 0 amide bonds. The quantitative estimate of drug-likeness (QED) is 0.579. The lowest BCUT2D eigenvalue weighted by Crippen LogP contribution is -1.95. The van der Waals surface area contributed by atoms with Crippen molar-refractivity contribution in [3.8, 4) is 0 Å². The molecule has 0 saturated carbocycles. The smallest absolute Gasteiger partial charge is 0.302 e. The molecule has 2 N–H and O–H groups in total. The number of rotatable bonds is 1. The van der Waals surface area contributed by atoms with E-state index < -0.39 is 0 Å². The standard InChI is InChI=1S/C4H8O2.C3H8O.CH4O/c1-3-6-4(2)5;1-3(2)4;1-2/h3H2,1-2H3;3-4H,1-2H3;2H,1H3. The highest BCUT2D eigenvalue weighted by molar-refractivity contribution is 5.65. The Bertz CT molecular complexity index is 78.4. The third-order valence-corrected chi connectivity index (χ3v) is 0.348. The molecule has 0 aliphatic rings. The van der Waals surface area contributed by atoms with Gasteiger partial charge in [0.05, 0.1) is 6.61 Å². The fourth-order valence-corrected chi connectivity index (χ4v) is 0.203. The largest absolute Gasteiger partial charge is 0.466 e. The van der Waals surface area contributed by atoms with Gasteiger partial charge in [-0.3, -0.25) is 4.79 Å². The summed E-state index contributed by atoms with van der Waals surface area (Å²) in [6, 6.07) is 0. The average molecular weight is 180 g/mol. The summed E-state index contributed by atoms with van der Waals surface area (Å²) >= 11 is 0. The molecule has 4 nitrogen and oxygen atoms in total. The molecule has 0 radical (unpaired) electrons. The first kappa shape index (κ1) is 17.5. The van der Waals surface area contributed by atoms with Gasteiger partial charge in [0.25, 0.3) is 0 Å². The first-order chi connectivity index (χ1) is 5.50. The highest BCUT2D eigenvalue weighted by Gasteiger charge is 1.81. The summed E-state index contributed by atoms with van der Waals surface area (Å²) in [6.07, 6.45) is -0.167. The Morgan fingerprint density at radius 2 is 1.67 bits per heavy atom. The number of esters is 1. The molecular formula is C8H20O4. The lowest BCUT2D eigenvalue weighted by atomic mass is 10.5. The van der Waals surface area contributed by atoms with E-state index >= 15 is 0 Å². The Balaban J connectivity index is -0.000000118. The van der Waals surface area contributed by atoms with Crippen LogP contribution in [0, 0.1) is 0 Å². The third kappa shape index (κ3) is 116. The molecule has 0 aliphatic carbocycles. The van der Waals surface area contributed by atoms with Crippen LogP contribution in [0.1, 0.15) is 27.7 Å². The molecule has 4 heteroatoms. The van der Waals surface area contributed by atoms with Crippen molar-refractivity contribution < 1.29 is 19.7 Å². The van der Waals surface area contributed by atoms with Gasteiger partial charge >= 0.3 is 5.97 Å². The van der Waals surface area contributed by atoms with Crippen LogP contribution in [0.2, 0.25) is 0 Å². The number of aliphatic hydroxyl groups excluding tert-OH is 2. The monoisotopic (exact) mass is 180 g/mol. The molecule has 0 aromatic rings. The minimum atomic E-state index is -0.211. The van der Waals surface area contributed by atoms with Gasteiger partial charge in [-0.15, -0.1) is 0 Å². The highest BCUT2D eigenvalue weighted by atomic mass is 16.5. The van der Waals surface area contributed by atoms with Crippen LogP contribution in [0.5, 0.6) is 0 Å². The van der Waals surface area contributed by atoms with Gasteiger partial charge in [-0.1, -0.05) is 0 Å². The maximum absolute atomic E-state index is 9.82. The van der Waals surface area contributed by atoms with E-state index in [1.165, 1.54) is 6.92 Å². The second-order valence-corrected chi connectivity index (χ2v) is 2.02. The summed E-state index contributed by atoms with van der Waals surface area (Å²) in [5, 5.41) is 15.1. The zero-order valence-corrected chi connectivity index (χ0v) is 8.50. The van der Waals surface area contributed by atoms with Crippen molar-refractivity contribution in [2.24, 2.45) is 0 Å². The van der Waals surface area contributed by atoms with Crippen molar-refractivity contribution in [1.82, 2.24) is 0 Å². The lowest BCUT2D eigenvalue weighted by Gasteiger charge is -1.89. The lowest BCUT2D eigenvalue weighted by molar-refractivity contribution is -0.140. The van der Waals surface area contributed by atoms with Crippen LogP contribution in [0.15, 0.2) is 0 Å². The van der Waals surface area contributed by atoms with Gasteiger partial charge < -0.3 is 14.9 Å². The summed E-state index contributed by atoms with van der Waals surface area (Å²) in [7, 11) is 1.00. The molecule has 0 aliphatic heterocycles. The van der Waals surface area contributed by atoms with Crippen molar-refractivity contribution >= 4 is 5.97 Å². The molecule has 0 fully saturated rings. The maximum atomic E-state index is 9.82. The molecule has 0 bridgehead atoms. The second-order valence-electron chi connectivity index (χ2n) is 2.02. The minimum absolute atomic E-state index is 0.167. The van der Waals surface area contributed by atoms with Crippen LogP contribution >= 0.6 is 0 Å². The number of hydrogen-bond acceptors (Lipinski definition) is 4. The first-order valence-corrected chi connectivity index (χ1v) is 3.76. The normalized spacial score (nSPS) is 7.33. The van der Waals surface area contributed by atoms with E-state index in [9.17, 15) is 4.79 Å². The van der Waals surface area contributed by atoms with Crippen molar-refractivity contribution in [3.05, 3.63) is 0 Å². The SMILES string of the molecule is CC(C)O.CCOC(C)=O.CO. The van der Waals surface area contributed by atoms with Crippen LogP contribution in [-0.4, -0.2) is 36.0 Å². The molecule has 76 valence electrons.